The number of hydrogen-bond donors (Lipinski definition) is 1. The van der Waals surface area contributed by atoms with Crippen LogP contribution in [0, 0.1) is 0 Å². The maximum Gasteiger partial charge on any atom is 0.306 e. The molecule has 5 nitrogen and oxygen atoms in total. The number of carbonyl (C=O) groups is 2. The zero-order valence-corrected chi connectivity index (χ0v) is 24.0. The highest BCUT2D eigenvalue weighted by Gasteiger charge is 2.11. The summed E-state index contributed by atoms with van der Waals surface area (Å²) in [7, 11) is 0. The first-order valence-electron chi connectivity index (χ1n) is 15.0. The number of rotatable bonds is 26. The normalized spacial score (nSPS) is 12.6. The van der Waals surface area contributed by atoms with E-state index >= 15 is 0 Å². The Morgan fingerprint density at radius 3 is 1.54 bits per heavy atom. The number of carbonyl (C=O) groups excluding carboxylic acids is 2. The van der Waals surface area contributed by atoms with Gasteiger partial charge in [-0.05, 0) is 32.1 Å². The molecule has 1 N–H and O–H groups in total. The number of allylic oxidation sites excluding steroid dienone is 6. The van der Waals surface area contributed by atoms with Crippen LogP contribution in [0.25, 0.3) is 0 Å². The minimum Gasteiger partial charge on any atom is -0.463 e. The van der Waals surface area contributed by atoms with Crippen LogP contribution in [0.5, 0.6) is 0 Å². The summed E-state index contributed by atoms with van der Waals surface area (Å²) >= 11 is 0. The van der Waals surface area contributed by atoms with E-state index in [1.807, 2.05) is 12.2 Å². The van der Waals surface area contributed by atoms with Gasteiger partial charge < -0.3 is 14.6 Å². The van der Waals surface area contributed by atoms with E-state index in [0.717, 1.165) is 38.5 Å². The van der Waals surface area contributed by atoms with E-state index in [1.54, 1.807) is 0 Å². The van der Waals surface area contributed by atoms with Crippen molar-refractivity contribution in [3.8, 4) is 0 Å². The molecule has 0 aliphatic heterocycles. The summed E-state index contributed by atoms with van der Waals surface area (Å²) in [6.45, 7) is 4.09. The van der Waals surface area contributed by atoms with Crippen molar-refractivity contribution in [3.05, 3.63) is 36.5 Å². The second-order valence-electron chi connectivity index (χ2n) is 9.85. The number of esters is 2. The molecule has 0 aromatic rings. The van der Waals surface area contributed by atoms with E-state index in [-0.39, 0.29) is 31.6 Å². The van der Waals surface area contributed by atoms with E-state index in [2.05, 4.69) is 38.2 Å². The first-order chi connectivity index (χ1) is 18.1. The van der Waals surface area contributed by atoms with E-state index in [9.17, 15) is 14.7 Å². The van der Waals surface area contributed by atoms with E-state index in [1.165, 1.54) is 64.2 Å². The molecule has 214 valence electrons. The molecule has 0 aliphatic rings. The van der Waals surface area contributed by atoms with Crippen LogP contribution in [-0.4, -0.2) is 36.4 Å². The molecule has 37 heavy (non-hydrogen) atoms. The van der Waals surface area contributed by atoms with E-state index in [4.69, 9.17) is 9.47 Å². The predicted octanol–water partition coefficient (Wildman–Crippen LogP) is 8.55. The summed E-state index contributed by atoms with van der Waals surface area (Å²) < 4.78 is 10.2. The van der Waals surface area contributed by atoms with Crippen molar-refractivity contribution < 1.29 is 24.2 Å². The molecule has 0 aliphatic carbocycles. The van der Waals surface area contributed by atoms with Crippen LogP contribution in [0.2, 0.25) is 0 Å². The van der Waals surface area contributed by atoms with Gasteiger partial charge in [0.25, 0.3) is 0 Å². The van der Waals surface area contributed by atoms with Crippen LogP contribution in [0.1, 0.15) is 136 Å². The lowest BCUT2D eigenvalue weighted by molar-refractivity contribution is -0.152. The standard InChI is InChI=1S/C32H56O5/c1-3-5-7-9-11-13-15-16-17-19-21-23-25-27-32(35)37-29-30(33)28-36-31(34)26-24-22-20-18-14-12-10-8-6-4-2/h6,8,12,14,20,22,30,33H,3-5,7,9-11,13,15-19,21,23-29H2,1-2H3/b8-6-,14-12-,22-20-. The van der Waals surface area contributed by atoms with Crippen LogP contribution in [0.3, 0.4) is 0 Å². The second kappa shape index (κ2) is 28.7. The molecule has 0 saturated heterocycles. The first-order valence-corrected chi connectivity index (χ1v) is 15.0. The van der Waals surface area contributed by atoms with Crippen LogP contribution in [0.15, 0.2) is 36.5 Å². The molecule has 0 fully saturated rings. The third-order valence-electron chi connectivity index (χ3n) is 6.15. The fraction of sp³-hybridized carbons (Fsp3) is 0.750. The molecule has 0 aromatic carbocycles. The van der Waals surface area contributed by atoms with Gasteiger partial charge in [0, 0.05) is 12.8 Å². The molecule has 5 heteroatoms. The average Bonchev–Trinajstić information content (AvgIpc) is 2.90. The Kier molecular flexibility index (Phi) is 27.2. The van der Waals surface area contributed by atoms with Gasteiger partial charge in [-0.15, -0.1) is 0 Å². The summed E-state index contributed by atoms with van der Waals surface area (Å²) in [5.74, 6) is -0.656. The Morgan fingerprint density at radius 1 is 0.595 bits per heavy atom. The maximum absolute atomic E-state index is 11.8. The van der Waals surface area contributed by atoms with Gasteiger partial charge >= 0.3 is 11.9 Å². The second-order valence-corrected chi connectivity index (χ2v) is 9.85. The summed E-state index contributed by atoms with van der Waals surface area (Å²) in [6.07, 6.45) is 32.0. The molecule has 0 radical (unpaired) electrons. The Bertz CT molecular complexity index is 608. The molecule has 0 bridgehead atoms. The highest BCUT2D eigenvalue weighted by molar-refractivity contribution is 5.70. The van der Waals surface area contributed by atoms with Gasteiger partial charge in [0.1, 0.15) is 19.3 Å². The Balaban J connectivity index is 3.52. The maximum atomic E-state index is 11.8. The van der Waals surface area contributed by atoms with Crippen molar-refractivity contribution in [2.24, 2.45) is 0 Å². The lowest BCUT2D eigenvalue weighted by atomic mass is 10.0. The number of aliphatic hydroxyl groups is 1. The topological polar surface area (TPSA) is 72.8 Å². The van der Waals surface area contributed by atoms with Gasteiger partial charge in [-0.25, -0.2) is 0 Å². The van der Waals surface area contributed by atoms with Gasteiger partial charge in [0.2, 0.25) is 0 Å². The van der Waals surface area contributed by atoms with Crippen LogP contribution in [0.4, 0.5) is 0 Å². The molecule has 1 atom stereocenters. The highest BCUT2D eigenvalue weighted by atomic mass is 16.6. The molecule has 0 heterocycles. The van der Waals surface area contributed by atoms with Crippen LogP contribution in [-0.2, 0) is 19.1 Å². The Hall–Kier alpha value is -1.88. The van der Waals surface area contributed by atoms with Crippen molar-refractivity contribution in [2.75, 3.05) is 13.2 Å². The lowest BCUT2D eigenvalue weighted by Crippen LogP contribution is -2.25. The molecule has 0 amide bonds. The summed E-state index contributed by atoms with van der Waals surface area (Å²) in [6, 6.07) is 0. The first kappa shape index (κ1) is 35.1. The van der Waals surface area contributed by atoms with Crippen molar-refractivity contribution in [2.45, 2.75) is 142 Å². The van der Waals surface area contributed by atoms with E-state index in [0.29, 0.717) is 12.8 Å². The SMILES string of the molecule is CC/C=C\C/C=C\C/C=C\CCC(=O)OCC(O)COC(=O)CCCCCCCCCCCCCCC. The average molecular weight is 521 g/mol. The van der Waals surface area contributed by atoms with E-state index < -0.39 is 6.10 Å². The number of aliphatic hydroxyl groups excluding tert-OH is 1. The molecule has 0 rings (SSSR count). The molecular weight excluding hydrogens is 464 g/mol. The van der Waals surface area contributed by atoms with Crippen molar-refractivity contribution in [1.29, 1.82) is 0 Å². The third kappa shape index (κ3) is 28.5. The summed E-state index contributed by atoms with van der Waals surface area (Å²) in [4.78, 5) is 23.6. The molecule has 0 saturated carbocycles. The lowest BCUT2D eigenvalue weighted by Gasteiger charge is -2.12. The number of hydrogen-bond acceptors (Lipinski definition) is 5. The minimum atomic E-state index is -0.984. The van der Waals surface area contributed by atoms with Gasteiger partial charge in [-0.3, -0.25) is 9.59 Å². The van der Waals surface area contributed by atoms with Gasteiger partial charge in [0.05, 0.1) is 0 Å². The van der Waals surface area contributed by atoms with Gasteiger partial charge in [-0.1, -0.05) is 127 Å². The fourth-order valence-corrected chi connectivity index (χ4v) is 3.89. The zero-order valence-electron chi connectivity index (χ0n) is 24.0. The smallest absolute Gasteiger partial charge is 0.306 e. The quantitative estimate of drug-likeness (QED) is 0.0702. The minimum absolute atomic E-state index is 0.135. The Labute approximate surface area is 227 Å². The van der Waals surface area contributed by atoms with Gasteiger partial charge in [0.15, 0.2) is 0 Å². The molecular formula is C32H56O5. The van der Waals surface area contributed by atoms with Crippen molar-refractivity contribution in [3.63, 3.8) is 0 Å². The largest absolute Gasteiger partial charge is 0.463 e. The molecule has 1 unspecified atom stereocenters. The number of unbranched alkanes of at least 4 members (excludes halogenated alkanes) is 12. The Morgan fingerprint density at radius 2 is 1.03 bits per heavy atom. The van der Waals surface area contributed by atoms with Gasteiger partial charge in [-0.2, -0.15) is 0 Å². The monoisotopic (exact) mass is 520 g/mol. The van der Waals surface area contributed by atoms with Crippen LogP contribution >= 0.6 is 0 Å². The zero-order chi connectivity index (χ0) is 27.2. The van der Waals surface area contributed by atoms with Crippen molar-refractivity contribution in [1.82, 2.24) is 0 Å². The third-order valence-corrected chi connectivity index (χ3v) is 6.15. The summed E-state index contributed by atoms with van der Waals surface area (Å²) in [5, 5.41) is 9.90. The fourth-order valence-electron chi connectivity index (χ4n) is 3.89. The number of ether oxygens (including phenoxy) is 2. The van der Waals surface area contributed by atoms with Crippen LogP contribution < -0.4 is 0 Å². The highest BCUT2D eigenvalue weighted by Crippen LogP contribution is 2.13. The van der Waals surface area contributed by atoms with Crippen molar-refractivity contribution >= 4 is 11.9 Å². The molecule has 0 spiro atoms. The summed E-state index contributed by atoms with van der Waals surface area (Å²) in [5.41, 5.74) is 0. The molecule has 0 aromatic heterocycles. The predicted molar refractivity (Wildman–Crippen MR) is 154 cm³/mol.